The number of nitrogens with two attached hydrogens (primary N) is 1. The Morgan fingerprint density at radius 2 is 2.00 bits per heavy atom. The maximum Gasteiger partial charge on any atom is 0.310 e. The van der Waals surface area contributed by atoms with Crippen LogP contribution in [0.4, 0.5) is 5.69 Å². The zero-order valence-corrected chi connectivity index (χ0v) is 9.60. The van der Waals surface area contributed by atoms with E-state index in [4.69, 9.17) is 15.2 Å². The van der Waals surface area contributed by atoms with Crippen LogP contribution >= 0.6 is 0 Å². The third-order valence-corrected chi connectivity index (χ3v) is 2.06. The highest BCUT2D eigenvalue weighted by Gasteiger charge is 2.09. The minimum Gasteiger partial charge on any atom is -0.460 e. The predicted molar refractivity (Wildman–Crippen MR) is 62.0 cm³/mol. The fourth-order valence-corrected chi connectivity index (χ4v) is 1.34. The van der Waals surface area contributed by atoms with Gasteiger partial charge in [-0.25, -0.2) is 0 Å². The van der Waals surface area contributed by atoms with Gasteiger partial charge in [0.2, 0.25) is 0 Å². The van der Waals surface area contributed by atoms with E-state index in [0.29, 0.717) is 12.3 Å². The van der Waals surface area contributed by atoms with Crippen LogP contribution in [0.1, 0.15) is 12.5 Å². The number of hydrogen-bond donors (Lipinski definition) is 1. The molecule has 0 saturated heterocycles. The maximum absolute atomic E-state index is 11.5. The number of carbonyl (C=O) groups is 1. The van der Waals surface area contributed by atoms with Crippen LogP contribution in [-0.2, 0) is 20.7 Å². The largest absolute Gasteiger partial charge is 0.460 e. The van der Waals surface area contributed by atoms with E-state index in [1.807, 2.05) is 12.1 Å². The highest BCUT2D eigenvalue weighted by atomic mass is 16.6. The molecule has 0 radical (unpaired) electrons. The monoisotopic (exact) mass is 223 g/mol. The highest BCUT2D eigenvalue weighted by Crippen LogP contribution is 2.07. The molecule has 1 rings (SSSR count). The summed E-state index contributed by atoms with van der Waals surface area (Å²) in [5, 5.41) is 0. The number of carbonyl (C=O) groups excluding carboxylic acids is 1. The minimum absolute atomic E-state index is 0.216. The Balaban J connectivity index is 2.42. The van der Waals surface area contributed by atoms with Crippen molar-refractivity contribution in [1.29, 1.82) is 0 Å². The Morgan fingerprint density at radius 3 is 2.56 bits per heavy atom. The van der Waals surface area contributed by atoms with Gasteiger partial charge >= 0.3 is 5.97 Å². The summed E-state index contributed by atoms with van der Waals surface area (Å²) in [6, 6.07) is 7.16. The molecule has 88 valence electrons. The van der Waals surface area contributed by atoms with E-state index in [1.54, 1.807) is 26.2 Å². The van der Waals surface area contributed by atoms with E-state index in [-0.39, 0.29) is 18.5 Å². The third kappa shape index (κ3) is 4.31. The van der Waals surface area contributed by atoms with Gasteiger partial charge in [-0.3, -0.25) is 4.79 Å². The number of hydrogen-bond acceptors (Lipinski definition) is 4. The molecule has 1 atom stereocenters. The van der Waals surface area contributed by atoms with Gasteiger partial charge in [0.05, 0.1) is 13.0 Å². The number of benzene rings is 1. The first-order valence-corrected chi connectivity index (χ1v) is 5.14. The van der Waals surface area contributed by atoms with Crippen LogP contribution in [-0.4, -0.2) is 25.8 Å². The Labute approximate surface area is 95.3 Å². The third-order valence-electron chi connectivity index (χ3n) is 2.06. The molecule has 0 aliphatic carbocycles. The molecule has 2 N–H and O–H groups in total. The van der Waals surface area contributed by atoms with E-state index in [9.17, 15) is 4.79 Å². The van der Waals surface area contributed by atoms with Crippen molar-refractivity contribution in [3.63, 3.8) is 0 Å². The van der Waals surface area contributed by atoms with Gasteiger partial charge in [-0.1, -0.05) is 12.1 Å². The molecule has 0 aliphatic heterocycles. The molecule has 4 nitrogen and oxygen atoms in total. The van der Waals surface area contributed by atoms with Gasteiger partial charge in [0.15, 0.2) is 0 Å². The Kier molecular flexibility index (Phi) is 4.79. The summed E-state index contributed by atoms with van der Waals surface area (Å²) in [4.78, 5) is 11.5. The molecule has 0 bridgehead atoms. The molecule has 4 heteroatoms. The minimum atomic E-state index is -0.255. The Morgan fingerprint density at radius 1 is 1.38 bits per heavy atom. The van der Waals surface area contributed by atoms with Crippen molar-refractivity contribution in [2.45, 2.75) is 19.4 Å². The molecule has 0 unspecified atom stereocenters. The van der Waals surface area contributed by atoms with Gasteiger partial charge in [-0.15, -0.1) is 0 Å². The first-order valence-electron chi connectivity index (χ1n) is 5.14. The number of anilines is 1. The lowest BCUT2D eigenvalue weighted by molar-refractivity contribution is -0.149. The van der Waals surface area contributed by atoms with E-state index in [0.717, 1.165) is 5.56 Å². The van der Waals surface area contributed by atoms with Crippen LogP contribution in [0.2, 0.25) is 0 Å². The molecule has 16 heavy (non-hydrogen) atoms. The molecule has 0 aromatic heterocycles. The SMILES string of the molecule is COC[C@H](C)OC(=O)Cc1ccc(N)cc1. The molecule has 0 spiro atoms. The van der Waals surface area contributed by atoms with Gasteiger partial charge in [0.1, 0.15) is 6.10 Å². The number of methoxy groups -OCH3 is 1. The average molecular weight is 223 g/mol. The van der Waals surface area contributed by atoms with Crippen LogP contribution in [0.3, 0.4) is 0 Å². The molecule has 0 saturated carbocycles. The van der Waals surface area contributed by atoms with Crippen molar-refractivity contribution in [2.24, 2.45) is 0 Å². The van der Waals surface area contributed by atoms with Gasteiger partial charge < -0.3 is 15.2 Å². The van der Waals surface area contributed by atoms with Gasteiger partial charge in [-0.2, -0.15) is 0 Å². The smallest absolute Gasteiger partial charge is 0.310 e. The molecule has 1 aromatic carbocycles. The molecule has 1 aromatic rings. The van der Waals surface area contributed by atoms with E-state index in [1.165, 1.54) is 0 Å². The van der Waals surface area contributed by atoms with Crippen LogP contribution in [0.15, 0.2) is 24.3 Å². The topological polar surface area (TPSA) is 61.5 Å². The van der Waals surface area contributed by atoms with Crippen molar-refractivity contribution in [3.05, 3.63) is 29.8 Å². The Bertz CT molecular complexity index is 335. The summed E-state index contributed by atoms with van der Waals surface area (Å²) < 4.78 is 10.0. The van der Waals surface area contributed by atoms with Gasteiger partial charge in [-0.05, 0) is 24.6 Å². The summed E-state index contributed by atoms with van der Waals surface area (Å²) in [6.07, 6.45) is 0.0419. The fourth-order valence-electron chi connectivity index (χ4n) is 1.34. The standard InChI is InChI=1S/C12H17NO3/c1-9(8-15-2)16-12(14)7-10-3-5-11(13)6-4-10/h3-6,9H,7-8,13H2,1-2H3/t9-/m0/s1. The van der Waals surface area contributed by atoms with Crippen LogP contribution in [0.25, 0.3) is 0 Å². The second-order valence-corrected chi connectivity index (χ2v) is 3.67. The van der Waals surface area contributed by atoms with E-state index < -0.39 is 0 Å². The van der Waals surface area contributed by atoms with Crippen LogP contribution in [0, 0.1) is 0 Å². The molecule has 0 heterocycles. The average Bonchev–Trinajstić information content (AvgIpc) is 2.21. The lowest BCUT2D eigenvalue weighted by Gasteiger charge is -2.11. The van der Waals surface area contributed by atoms with Crippen molar-refractivity contribution in [2.75, 3.05) is 19.5 Å². The van der Waals surface area contributed by atoms with Crippen molar-refractivity contribution in [3.8, 4) is 0 Å². The van der Waals surface area contributed by atoms with E-state index in [2.05, 4.69) is 0 Å². The zero-order valence-electron chi connectivity index (χ0n) is 9.60. The van der Waals surface area contributed by atoms with Gasteiger partial charge in [0.25, 0.3) is 0 Å². The summed E-state index contributed by atoms with van der Waals surface area (Å²) in [5.74, 6) is -0.255. The number of nitrogen functional groups attached to an aromatic ring is 1. The van der Waals surface area contributed by atoms with Crippen molar-refractivity contribution >= 4 is 11.7 Å². The first-order chi connectivity index (χ1) is 7.61. The summed E-state index contributed by atoms with van der Waals surface area (Å²) >= 11 is 0. The molecule has 0 fully saturated rings. The second kappa shape index (κ2) is 6.12. The van der Waals surface area contributed by atoms with Gasteiger partial charge in [0, 0.05) is 12.8 Å². The van der Waals surface area contributed by atoms with Crippen molar-refractivity contribution in [1.82, 2.24) is 0 Å². The van der Waals surface area contributed by atoms with E-state index >= 15 is 0 Å². The lowest BCUT2D eigenvalue weighted by atomic mass is 10.1. The summed E-state index contributed by atoms with van der Waals surface area (Å²) in [5.41, 5.74) is 7.12. The predicted octanol–water partition coefficient (Wildman–Crippen LogP) is 1.39. The summed E-state index contributed by atoms with van der Waals surface area (Å²) in [6.45, 7) is 2.21. The molecular weight excluding hydrogens is 206 g/mol. The maximum atomic E-state index is 11.5. The fraction of sp³-hybridized carbons (Fsp3) is 0.417. The lowest BCUT2D eigenvalue weighted by Crippen LogP contribution is -2.20. The zero-order chi connectivity index (χ0) is 12.0. The first kappa shape index (κ1) is 12.5. The van der Waals surface area contributed by atoms with Crippen LogP contribution in [0.5, 0.6) is 0 Å². The number of esters is 1. The molecular formula is C12H17NO3. The Hall–Kier alpha value is -1.55. The quantitative estimate of drug-likeness (QED) is 0.605. The highest BCUT2D eigenvalue weighted by molar-refractivity contribution is 5.72. The van der Waals surface area contributed by atoms with Crippen molar-refractivity contribution < 1.29 is 14.3 Å². The molecule has 0 amide bonds. The summed E-state index contributed by atoms with van der Waals surface area (Å²) in [7, 11) is 1.57. The number of ether oxygens (including phenoxy) is 2. The number of rotatable bonds is 5. The van der Waals surface area contributed by atoms with Crippen LogP contribution < -0.4 is 5.73 Å². The molecule has 0 aliphatic rings. The normalized spacial score (nSPS) is 12.1. The second-order valence-electron chi connectivity index (χ2n) is 3.67.